The number of carboxylic acid groups (broad SMARTS) is 1. The molecule has 5 nitrogen and oxygen atoms in total. The van der Waals surface area contributed by atoms with E-state index in [0.29, 0.717) is 16.2 Å². The fourth-order valence-corrected chi connectivity index (χ4v) is 1.42. The van der Waals surface area contributed by atoms with Crippen molar-refractivity contribution in [2.24, 2.45) is 7.05 Å². The first-order chi connectivity index (χ1) is 6.61. The van der Waals surface area contributed by atoms with E-state index in [1.165, 1.54) is 10.8 Å². The van der Waals surface area contributed by atoms with Crippen LogP contribution in [0.15, 0.2) is 12.3 Å². The molecule has 0 aromatic carbocycles. The highest BCUT2D eigenvalue weighted by molar-refractivity contribution is 6.34. The summed E-state index contributed by atoms with van der Waals surface area (Å²) in [5.41, 5.74) is 0.879. The van der Waals surface area contributed by atoms with Crippen molar-refractivity contribution in [1.82, 2.24) is 14.5 Å². The summed E-state index contributed by atoms with van der Waals surface area (Å²) in [4.78, 5) is 18.6. The number of aryl methyl sites for hydroxylation is 1. The summed E-state index contributed by atoms with van der Waals surface area (Å²) in [7, 11) is 1.59. The Kier molecular flexibility index (Phi) is 1.89. The molecular weight excluding hydrogens is 206 g/mol. The van der Waals surface area contributed by atoms with E-state index in [1.807, 2.05) is 0 Å². The molecule has 0 aliphatic heterocycles. The number of rotatable bonds is 1. The summed E-state index contributed by atoms with van der Waals surface area (Å²) < 4.78 is 1.39. The van der Waals surface area contributed by atoms with E-state index in [4.69, 9.17) is 16.7 Å². The van der Waals surface area contributed by atoms with Crippen molar-refractivity contribution in [2.45, 2.75) is 0 Å². The topological polar surface area (TPSA) is 68.0 Å². The number of hydrogen-bond acceptors (Lipinski definition) is 3. The van der Waals surface area contributed by atoms with Crippen molar-refractivity contribution < 1.29 is 9.90 Å². The minimum atomic E-state index is -1.10. The molecule has 0 aliphatic rings. The maximum absolute atomic E-state index is 10.7. The Hall–Kier alpha value is -1.62. The molecule has 0 aliphatic carbocycles. The normalized spacial score (nSPS) is 10.7. The average Bonchev–Trinajstić information content (AvgIpc) is 2.46. The second kappa shape index (κ2) is 2.95. The highest BCUT2D eigenvalue weighted by atomic mass is 35.5. The third-order valence-electron chi connectivity index (χ3n) is 1.90. The predicted molar refractivity (Wildman–Crippen MR) is 50.5 cm³/mol. The Bertz CT molecular complexity index is 521. The zero-order chi connectivity index (χ0) is 10.3. The van der Waals surface area contributed by atoms with Crippen LogP contribution in [0, 0.1) is 0 Å². The standard InChI is InChI=1S/C8H6ClN3O2/c1-12-6-5(4(9)2-3-10-6)11-7(12)8(13)14/h2-3H,1H3,(H,13,14). The molecule has 2 heterocycles. The molecule has 0 spiro atoms. The Balaban J connectivity index is 2.86. The summed E-state index contributed by atoms with van der Waals surface area (Å²) >= 11 is 5.84. The number of pyridine rings is 1. The van der Waals surface area contributed by atoms with Gasteiger partial charge in [-0.1, -0.05) is 11.6 Å². The lowest BCUT2D eigenvalue weighted by molar-refractivity contribution is 0.0680. The fourth-order valence-electron chi connectivity index (χ4n) is 1.24. The van der Waals surface area contributed by atoms with Gasteiger partial charge in [-0.05, 0) is 6.07 Å². The minimum Gasteiger partial charge on any atom is -0.475 e. The van der Waals surface area contributed by atoms with Gasteiger partial charge in [0.05, 0.1) is 5.02 Å². The van der Waals surface area contributed by atoms with Crippen LogP contribution in [0.3, 0.4) is 0 Å². The lowest BCUT2D eigenvalue weighted by atomic mass is 10.4. The van der Waals surface area contributed by atoms with Gasteiger partial charge in [0.1, 0.15) is 5.52 Å². The molecule has 0 atom stereocenters. The smallest absolute Gasteiger partial charge is 0.372 e. The van der Waals surface area contributed by atoms with Crippen LogP contribution in [0.5, 0.6) is 0 Å². The summed E-state index contributed by atoms with van der Waals surface area (Å²) in [6.45, 7) is 0. The molecule has 6 heteroatoms. The summed E-state index contributed by atoms with van der Waals surface area (Å²) in [6, 6.07) is 1.57. The minimum absolute atomic E-state index is 0.0689. The number of aromatic carboxylic acids is 1. The second-order valence-corrected chi connectivity index (χ2v) is 3.17. The molecule has 14 heavy (non-hydrogen) atoms. The number of nitrogens with zero attached hydrogens (tertiary/aromatic N) is 3. The van der Waals surface area contributed by atoms with Crippen LogP contribution in [0.2, 0.25) is 5.02 Å². The van der Waals surface area contributed by atoms with Gasteiger partial charge in [0.25, 0.3) is 0 Å². The van der Waals surface area contributed by atoms with Crippen molar-refractivity contribution in [2.75, 3.05) is 0 Å². The van der Waals surface area contributed by atoms with Crippen LogP contribution < -0.4 is 0 Å². The Morgan fingerprint density at radius 2 is 2.36 bits per heavy atom. The number of hydrogen-bond donors (Lipinski definition) is 1. The van der Waals surface area contributed by atoms with Crippen molar-refractivity contribution in [3.05, 3.63) is 23.1 Å². The first-order valence-electron chi connectivity index (χ1n) is 3.81. The molecule has 0 saturated heterocycles. The number of aromatic nitrogens is 3. The Labute approximate surface area is 84.0 Å². The van der Waals surface area contributed by atoms with Crippen molar-refractivity contribution in [3.8, 4) is 0 Å². The lowest BCUT2D eigenvalue weighted by Gasteiger charge is -1.95. The van der Waals surface area contributed by atoms with Crippen LogP contribution in [-0.4, -0.2) is 25.6 Å². The number of carbonyl (C=O) groups is 1. The third-order valence-corrected chi connectivity index (χ3v) is 2.21. The summed E-state index contributed by atoms with van der Waals surface area (Å²) in [6.07, 6.45) is 1.51. The number of halogens is 1. The molecule has 2 rings (SSSR count). The number of fused-ring (bicyclic) bond motifs is 1. The summed E-state index contributed by atoms with van der Waals surface area (Å²) in [5.74, 6) is -1.16. The zero-order valence-corrected chi connectivity index (χ0v) is 7.99. The van der Waals surface area contributed by atoms with Crippen LogP contribution in [-0.2, 0) is 7.05 Å². The average molecular weight is 212 g/mol. The van der Waals surface area contributed by atoms with E-state index in [9.17, 15) is 4.79 Å². The molecule has 0 unspecified atom stereocenters. The van der Waals surface area contributed by atoms with Gasteiger partial charge in [0.15, 0.2) is 5.65 Å². The Morgan fingerprint density at radius 3 is 2.93 bits per heavy atom. The lowest BCUT2D eigenvalue weighted by Crippen LogP contribution is -2.05. The van der Waals surface area contributed by atoms with E-state index < -0.39 is 5.97 Å². The largest absolute Gasteiger partial charge is 0.475 e. The van der Waals surface area contributed by atoms with Crippen molar-refractivity contribution in [1.29, 1.82) is 0 Å². The molecule has 2 aromatic rings. The van der Waals surface area contributed by atoms with Crippen molar-refractivity contribution in [3.63, 3.8) is 0 Å². The molecule has 72 valence electrons. The molecule has 0 radical (unpaired) electrons. The fraction of sp³-hybridized carbons (Fsp3) is 0.125. The molecule has 0 bridgehead atoms. The predicted octanol–water partition coefficient (Wildman–Crippen LogP) is 1.32. The van der Waals surface area contributed by atoms with Gasteiger partial charge in [-0.2, -0.15) is 0 Å². The van der Waals surface area contributed by atoms with Crippen LogP contribution in [0.1, 0.15) is 10.6 Å². The molecule has 0 amide bonds. The molecule has 2 aromatic heterocycles. The quantitative estimate of drug-likeness (QED) is 0.773. The third kappa shape index (κ3) is 1.13. The van der Waals surface area contributed by atoms with Gasteiger partial charge in [0.2, 0.25) is 5.82 Å². The molecule has 0 saturated carbocycles. The van der Waals surface area contributed by atoms with Gasteiger partial charge >= 0.3 is 5.97 Å². The molecular formula is C8H6ClN3O2. The van der Waals surface area contributed by atoms with E-state index in [-0.39, 0.29) is 5.82 Å². The van der Waals surface area contributed by atoms with Crippen LogP contribution in [0.4, 0.5) is 0 Å². The van der Waals surface area contributed by atoms with Gasteiger partial charge in [0, 0.05) is 13.2 Å². The highest BCUT2D eigenvalue weighted by Gasteiger charge is 2.16. The monoisotopic (exact) mass is 211 g/mol. The van der Waals surface area contributed by atoms with Crippen molar-refractivity contribution >= 4 is 28.7 Å². The molecule has 0 fully saturated rings. The number of carboxylic acids is 1. The second-order valence-electron chi connectivity index (χ2n) is 2.76. The first kappa shape index (κ1) is 8.96. The zero-order valence-electron chi connectivity index (χ0n) is 7.23. The maximum atomic E-state index is 10.7. The Morgan fingerprint density at radius 1 is 1.64 bits per heavy atom. The SMILES string of the molecule is Cn1c(C(=O)O)nc2c(Cl)ccnc21. The summed E-state index contributed by atoms with van der Waals surface area (Å²) in [5, 5.41) is 9.20. The van der Waals surface area contributed by atoms with Crippen LogP contribution >= 0.6 is 11.6 Å². The van der Waals surface area contributed by atoms with E-state index in [0.717, 1.165) is 0 Å². The van der Waals surface area contributed by atoms with Gasteiger partial charge < -0.3 is 9.67 Å². The highest BCUT2D eigenvalue weighted by Crippen LogP contribution is 2.20. The van der Waals surface area contributed by atoms with E-state index in [2.05, 4.69) is 9.97 Å². The van der Waals surface area contributed by atoms with E-state index in [1.54, 1.807) is 13.1 Å². The molecule has 1 N–H and O–H groups in total. The van der Waals surface area contributed by atoms with E-state index >= 15 is 0 Å². The van der Waals surface area contributed by atoms with Gasteiger partial charge in [-0.15, -0.1) is 0 Å². The van der Waals surface area contributed by atoms with Gasteiger partial charge in [-0.25, -0.2) is 14.8 Å². The van der Waals surface area contributed by atoms with Crippen LogP contribution in [0.25, 0.3) is 11.2 Å². The van der Waals surface area contributed by atoms with Gasteiger partial charge in [-0.3, -0.25) is 0 Å². The maximum Gasteiger partial charge on any atom is 0.372 e. The number of imidazole rings is 1. The first-order valence-corrected chi connectivity index (χ1v) is 4.19.